The predicted octanol–water partition coefficient (Wildman–Crippen LogP) is 2.37. The van der Waals surface area contributed by atoms with Gasteiger partial charge in [0.05, 0.1) is 0 Å². The number of nitrogens with two attached hydrogens (primary N) is 2. The van der Waals surface area contributed by atoms with E-state index in [2.05, 4.69) is 34.6 Å². The van der Waals surface area contributed by atoms with Crippen molar-refractivity contribution >= 4 is 0 Å². The largest absolute Gasteiger partial charge is 0.330 e. The van der Waals surface area contributed by atoms with E-state index in [4.69, 9.17) is 11.5 Å². The van der Waals surface area contributed by atoms with Gasteiger partial charge in [-0.25, -0.2) is 0 Å². The molecule has 2 nitrogen and oxygen atoms in total. The van der Waals surface area contributed by atoms with Gasteiger partial charge in [-0.3, -0.25) is 0 Å². The van der Waals surface area contributed by atoms with Gasteiger partial charge in [0.2, 0.25) is 0 Å². The molecule has 0 amide bonds. The van der Waals surface area contributed by atoms with Crippen molar-refractivity contribution in [1.29, 1.82) is 0 Å². The van der Waals surface area contributed by atoms with Crippen LogP contribution in [0.5, 0.6) is 0 Å². The third-order valence-corrected chi connectivity index (χ3v) is 3.40. The van der Waals surface area contributed by atoms with Gasteiger partial charge in [-0.05, 0) is 36.6 Å². The van der Waals surface area contributed by atoms with Crippen molar-refractivity contribution in [1.82, 2.24) is 0 Å². The Hall–Kier alpha value is -0.0800. The molecule has 0 saturated carbocycles. The predicted molar refractivity (Wildman–Crippen MR) is 64.0 cm³/mol. The van der Waals surface area contributed by atoms with Gasteiger partial charge in [-0.1, -0.05) is 34.6 Å². The highest BCUT2D eigenvalue weighted by molar-refractivity contribution is 4.79. The third-order valence-electron chi connectivity index (χ3n) is 3.40. The molecule has 4 N–H and O–H groups in total. The summed E-state index contributed by atoms with van der Waals surface area (Å²) < 4.78 is 0. The molecule has 0 heterocycles. The third kappa shape index (κ3) is 4.97. The molecular formula is C12H28N2. The fraction of sp³-hybridized carbons (Fsp3) is 1.00. The van der Waals surface area contributed by atoms with E-state index in [-0.39, 0.29) is 0 Å². The SMILES string of the molecule is CC(CN)CCC(N)C(C)C(C)(C)C. The van der Waals surface area contributed by atoms with Crippen LogP contribution in [0, 0.1) is 17.3 Å². The lowest BCUT2D eigenvalue weighted by atomic mass is 9.76. The highest BCUT2D eigenvalue weighted by Gasteiger charge is 2.25. The molecule has 0 aromatic rings. The van der Waals surface area contributed by atoms with Crippen LogP contribution in [0.2, 0.25) is 0 Å². The van der Waals surface area contributed by atoms with E-state index in [1.165, 1.54) is 0 Å². The molecule has 0 saturated heterocycles. The standard InChI is InChI=1S/C12H28N2/c1-9(8-13)6-7-11(14)10(2)12(3,4)5/h9-11H,6-8,13-14H2,1-5H3. The quantitative estimate of drug-likeness (QED) is 0.716. The first-order chi connectivity index (χ1) is 6.29. The van der Waals surface area contributed by atoms with Crippen LogP contribution in [0.15, 0.2) is 0 Å². The maximum absolute atomic E-state index is 6.17. The zero-order valence-corrected chi connectivity index (χ0v) is 10.5. The molecule has 2 heteroatoms. The lowest BCUT2D eigenvalue weighted by molar-refractivity contribution is 0.209. The first-order valence-corrected chi connectivity index (χ1v) is 5.74. The maximum Gasteiger partial charge on any atom is 0.00696 e. The molecule has 3 atom stereocenters. The smallest absolute Gasteiger partial charge is 0.00696 e. The molecular weight excluding hydrogens is 172 g/mol. The Bertz CT molecular complexity index is 149. The van der Waals surface area contributed by atoms with E-state index in [9.17, 15) is 0 Å². The minimum Gasteiger partial charge on any atom is -0.330 e. The van der Waals surface area contributed by atoms with Crippen molar-refractivity contribution in [3.63, 3.8) is 0 Å². The fourth-order valence-corrected chi connectivity index (χ4v) is 1.49. The Balaban J connectivity index is 3.90. The zero-order valence-electron chi connectivity index (χ0n) is 10.5. The number of hydrogen-bond donors (Lipinski definition) is 2. The molecule has 0 bridgehead atoms. The molecule has 0 radical (unpaired) electrons. The molecule has 3 unspecified atom stereocenters. The van der Waals surface area contributed by atoms with Crippen molar-refractivity contribution in [3.8, 4) is 0 Å². The van der Waals surface area contributed by atoms with Gasteiger partial charge in [0.1, 0.15) is 0 Å². The fourth-order valence-electron chi connectivity index (χ4n) is 1.49. The van der Waals surface area contributed by atoms with Gasteiger partial charge in [-0.15, -0.1) is 0 Å². The van der Waals surface area contributed by atoms with Gasteiger partial charge in [0, 0.05) is 6.04 Å². The average molecular weight is 200 g/mol. The first-order valence-electron chi connectivity index (χ1n) is 5.74. The summed E-state index contributed by atoms with van der Waals surface area (Å²) in [4.78, 5) is 0. The minimum absolute atomic E-state index is 0.309. The summed E-state index contributed by atoms with van der Waals surface area (Å²) in [5.41, 5.74) is 12.1. The van der Waals surface area contributed by atoms with Crippen LogP contribution in [0.1, 0.15) is 47.5 Å². The van der Waals surface area contributed by atoms with Crippen LogP contribution in [-0.2, 0) is 0 Å². The van der Waals surface area contributed by atoms with Crippen molar-refractivity contribution in [3.05, 3.63) is 0 Å². The molecule has 0 aromatic heterocycles. The highest BCUT2D eigenvalue weighted by Crippen LogP contribution is 2.29. The molecule has 0 spiro atoms. The van der Waals surface area contributed by atoms with Gasteiger partial charge in [0.15, 0.2) is 0 Å². The summed E-state index contributed by atoms with van der Waals surface area (Å²) in [6.07, 6.45) is 2.24. The molecule has 0 fully saturated rings. The van der Waals surface area contributed by atoms with E-state index in [0.29, 0.717) is 23.3 Å². The summed E-state index contributed by atoms with van der Waals surface area (Å²) in [5, 5.41) is 0. The van der Waals surface area contributed by atoms with E-state index in [0.717, 1.165) is 19.4 Å². The lowest BCUT2D eigenvalue weighted by Crippen LogP contribution is -2.36. The molecule has 0 rings (SSSR count). The summed E-state index contributed by atoms with van der Waals surface area (Å²) in [6, 6.07) is 0.309. The number of hydrogen-bond acceptors (Lipinski definition) is 2. The van der Waals surface area contributed by atoms with Gasteiger partial charge >= 0.3 is 0 Å². The Morgan fingerprint density at radius 3 is 1.93 bits per heavy atom. The summed E-state index contributed by atoms with van der Waals surface area (Å²) in [6.45, 7) is 12.0. The normalized spacial score (nSPS) is 19.1. The second-order valence-electron chi connectivity index (χ2n) is 5.74. The zero-order chi connectivity index (χ0) is 11.4. The Kier molecular flexibility index (Phi) is 5.68. The van der Waals surface area contributed by atoms with Crippen molar-refractivity contribution in [2.45, 2.75) is 53.5 Å². The number of rotatable bonds is 5. The van der Waals surface area contributed by atoms with Crippen LogP contribution in [-0.4, -0.2) is 12.6 Å². The molecule has 0 aliphatic rings. The van der Waals surface area contributed by atoms with Crippen LogP contribution in [0.25, 0.3) is 0 Å². The summed E-state index contributed by atoms with van der Waals surface area (Å²) in [7, 11) is 0. The first kappa shape index (κ1) is 13.9. The molecule has 0 aliphatic carbocycles. The van der Waals surface area contributed by atoms with E-state index in [1.54, 1.807) is 0 Å². The Labute approximate surface area is 89.4 Å². The van der Waals surface area contributed by atoms with Gasteiger partial charge < -0.3 is 11.5 Å². The minimum atomic E-state index is 0.309. The van der Waals surface area contributed by atoms with Gasteiger partial charge in [-0.2, -0.15) is 0 Å². The van der Waals surface area contributed by atoms with Crippen LogP contribution >= 0.6 is 0 Å². The molecule has 0 aromatic carbocycles. The van der Waals surface area contributed by atoms with Gasteiger partial charge in [0.25, 0.3) is 0 Å². The highest BCUT2D eigenvalue weighted by atomic mass is 14.7. The average Bonchev–Trinajstić information content (AvgIpc) is 2.10. The Morgan fingerprint density at radius 1 is 1.07 bits per heavy atom. The summed E-state index contributed by atoms with van der Waals surface area (Å²) >= 11 is 0. The van der Waals surface area contributed by atoms with Crippen molar-refractivity contribution in [2.24, 2.45) is 28.7 Å². The van der Waals surface area contributed by atoms with Crippen molar-refractivity contribution < 1.29 is 0 Å². The second-order valence-corrected chi connectivity index (χ2v) is 5.74. The molecule has 0 aliphatic heterocycles. The van der Waals surface area contributed by atoms with E-state index < -0.39 is 0 Å². The van der Waals surface area contributed by atoms with Crippen LogP contribution < -0.4 is 11.5 Å². The topological polar surface area (TPSA) is 52.0 Å². The lowest BCUT2D eigenvalue weighted by Gasteiger charge is -2.32. The monoisotopic (exact) mass is 200 g/mol. The summed E-state index contributed by atoms with van der Waals surface area (Å²) in [5.74, 6) is 1.17. The van der Waals surface area contributed by atoms with Crippen molar-refractivity contribution in [2.75, 3.05) is 6.54 Å². The molecule has 86 valence electrons. The molecule has 14 heavy (non-hydrogen) atoms. The maximum atomic E-state index is 6.17. The second kappa shape index (κ2) is 5.72. The van der Waals surface area contributed by atoms with E-state index >= 15 is 0 Å². The van der Waals surface area contributed by atoms with Crippen LogP contribution in [0.4, 0.5) is 0 Å². The van der Waals surface area contributed by atoms with E-state index in [1.807, 2.05) is 0 Å². The van der Waals surface area contributed by atoms with Crippen LogP contribution in [0.3, 0.4) is 0 Å². The Morgan fingerprint density at radius 2 is 1.57 bits per heavy atom.